The predicted molar refractivity (Wildman–Crippen MR) is 83.9 cm³/mol. The summed E-state index contributed by atoms with van der Waals surface area (Å²) in [6.45, 7) is 10.6. The SMILES string of the molecule is CCNC(Cc1nccn1CC)c1ccc(C)cc1C. The van der Waals surface area contributed by atoms with E-state index in [1.165, 1.54) is 16.7 Å². The van der Waals surface area contributed by atoms with Crippen molar-refractivity contribution in [3.8, 4) is 0 Å². The first-order valence-electron chi connectivity index (χ1n) is 7.46. The van der Waals surface area contributed by atoms with Gasteiger partial charge < -0.3 is 9.88 Å². The number of rotatable bonds is 6. The average molecular weight is 271 g/mol. The van der Waals surface area contributed by atoms with E-state index in [9.17, 15) is 0 Å². The Balaban J connectivity index is 2.27. The number of aromatic nitrogens is 2. The molecular formula is C17H25N3. The number of aryl methyl sites for hydroxylation is 3. The van der Waals surface area contributed by atoms with Gasteiger partial charge in [0.25, 0.3) is 0 Å². The Bertz CT molecular complexity index is 557. The summed E-state index contributed by atoms with van der Waals surface area (Å²) in [5.74, 6) is 1.15. The average Bonchev–Trinajstić information content (AvgIpc) is 2.85. The van der Waals surface area contributed by atoms with Crippen molar-refractivity contribution in [2.45, 2.75) is 46.7 Å². The Hall–Kier alpha value is -1.61. The minimum Gasteiger partial charge on any atom is -0.335 e. The van der Waals surface area contributed by atoms with Gasteiger partial charge in [0.2, 0.25) is 0 Å². The zero-order chi connectivity index (χ0) is 14.5. The largest absolute Gasteiger partial charge is 0.335 e. The van der Waals surface area contributed by atoms with Gasteiger partial charge in [-0.15, -0.1) is 0 Å². The summed E-state index contributed by atoms with van der Waals surface area (Å²) >= 11 is 0. The van der Waals surface area contributed by atoms with Gasteiger partial charge in [0.1, 0.15) is 5.82 Å². The molecule has 3 heteroatoms. The fourth-order valence-electron chi connectivity index (χ4n) is 2.76. The number of nitrogens with one attached hydrogen (secondary N) is 1. The Labute approximate surface area is 122 Å². The van der Waals surface area contributed by atoms with Crippen LogP contribution in [0, 0.1) is 13.8 Å². The zero-order valence-electron chi connectivity index (χ0n) is 13.0. The second-order valence-corrected chi connectivity index (χ2v) is 5.30. The first kappa shape index (κ1) is 14.8. The number of hydrogen-bond donors (Lipinski definition) is 1. The van der Waals surface area contributed by atoms with Crippen LogP contribution in [0.3, 0.4) is 0 Å². The van der Waals surface area contributed by atoms with E-state index in [0.29, 0.717) is 6.04 Å². The summed E-state index contributed by atoms with van der Waals surface area (Å²) in [7, 11) is 0. The third-order valence-corrected chi connectivity index (χ3v) is 3.78. The van der Waals surface area contributed by atoms with Gasteiger partial charge in [0.05, 0.1) is 0 Å². The lowest BCUT2D eigenvalue weighted by Gasteiger charge is -2.21. The molecule has 0 saturated carbocycles. The molecule has 20 heavy (non-hydrogen) atoms. The molecule has 1 aromatic carbocycles. The van der Waals surface area contributed by atoms with Gasteiger partial charge in [-0.2, -0.15) is 0 Å². The normalized spacial score (nSPS) is 12.6. The van der Waals surface area contributed by atoms with Crippen molar-refractivity contribution in [2.24, 2.45) is 0 Å². The molecule has 0 aliphatic rings. The lowest BCUT2D eigenvalue weighted by atomic mass is 9.96. The second kappa shape index (κ2) is 6.71. The van der Waals surface area contributed by atoms with Crippen molar-refractivity contribution in [2.75, 3.05) is 6.54 Å². The summed E-state index contributed by atoms with van der Waals surface area (Å²) < 4.78 is 2.22. The molecule has 0 spiro atoms. The highest BCUT2D eigenvalue weighted by Crippen LogP contribution is 2.22. The van der Waals surface area contributed by atoms with E-state index < -0.39 is 0 Å². The van der Waals surface area contributed by atoms with Crippen LogP contribution < -0.4 is 5.32 Å². The van der Waals surface area contributed by atoms with Gasteiger partial charge in [-0.1, -0.05) is 30.7 Å². The van der Waals surface area contributed by atoms with Crippen LogP contribution >= 0.6 is 0 Å². The van der Waals surface area contributed by atoms with Crippen LogP contribution in [0.5, 0.6) is 0 Å². The number of benzene rings is 1. The quantitative estimate of drug-likeness (QED) is 0.872. The minimum atomic E-state index is 0.327. The van der Waals surface area contributed by atoms with E-state index in [-0.39, 0.29) is 0 Å². The Morgan fingerprint density at radius 1 is 1.25 bits per heavy atom. The van der Waals surface area contributed by atoms with Crippen molar-refractivity contribution >= 4 is 0 Å². The third-order valence-electron chi connectivity index (χ3n) is 3.78. The zero-order valence-corrected chi connectivity index (χ0v) is 13.0. The summed E-state index contributed by atoms with van der Waals surface area (Å²) in [5, 5.41) is 3.60. The number of imidazole rings is 1. The topological polar surface area (TPSA) is 29.9 Å². The number of hydrogen-bond acceptors (Lipinski definition) is 2. The van der Waals surface area contributed by atoms with Gasteiger partial charge >= 0.3 is 0 Å². The molecule has 1 N–H and O–H groups in total. The van der Waals surface area contributed by atoms with Crippen LogP contribution in [0.15, 0.2) is 30.6 Å². The number of nitrogens with zero attached hydrogens (tertiary/aromatic N) is 2. The predicted octanol–water partition coefficient (Wildman–Crippen LogP) is 3.41. The third kappa shape index (κ3) is 3.28. The molecule has 2 aromatic rings. The first-order chi connectivity index (χ1) is 9.65. The monoisotopic (exact) mass is 271 g/mol. The fourth-order valence-corrected chi connectivity index (χ4v) is 2.76. The van der Waals surface area contributed by atoms with Crippen LogP contribution in [-0.4, -0.2) is 16.1 Å². The Morgan fingerprint density at radius 3 is 2.70 bits per heavy atom. The van der Waals surface area contributed by atoms with Crippen LogP contribution in [0.4, 0.5) is 0 Å². The van der Waals surface area contributed by atoms with Gasteiger partial charge in [0, 0.05) is 31.4 Å². The molecule has 1 aromatic heterocycles. The summed E-state index contributed by atoms with van der Waals surface area (Å²) in [4.78, 5) is 4.50. The van der Waals surface area contributed by atoms with Crippen LogP contribution in [-0.2, 0) is 13.0 Å². The van der Waals surface area contributed by atoms with Gasteiger partial charge in [-0.3, -0.25) is 0 Å². The van der Waals surface area contributed by atoms with E-state index in [1.54, 1.807) is 0 Å². The maximum Gasteiger partial charge on any atom is 0.110 e. The minimum absolute atomic E-state index is 0.327. The first-order valence-corrected chi connectivity index (χ1v) is 7.46. The fraction of sp³-hybridized carbons (Fsp3) is 0.471. The smallest absolute Gasteiger partial charge is 0.110 e. The molecular weight excluding hydrogens is 246 g/mol. The molecule has 0 fully saturated rings. The van der Waals surface area contributed by atoms with E-state index in [1.807, 2.05) is 6.20 Å². The number of likely N-dealkylation sites (N-methyl/N-ethyl adjacent to an activating group) is 1. The molecule has 0 radical (unpaired) electrons. The summed E-state index contributed by atoms with van der Waals surface area (Å²) in [5.41, 5.74) is 4.05. The van der Waals surface area contributed by atoms with Gasteiger partial charge in [0.15, 0.2) is 0 Å². The van der Waals surface area contributed by atoms with Crippen LogP contribution in [0.2, 0.25) is 0 Å². The molecule has 0 aliphatic heterocycles. The Morgan fingerprint density at radius 2 is 2.05 bits per heavy atom. The molecule has 0 aliphatic carbocycles. The van der Waals surface area contributed by atoms with E-state index >= 15 is 0 Å². The van der Waals surface area contributed by atoms with Crippen LogP contribution in [0.1, 0.15) is 42.4 Å². The van der Waals surface area contributed by atoms with Gasteiger partial charge in [-0.25, -0.2) is 4.98 Å². The van der Waals surface area contributed by atoms with E-state index in [4.69, 9.17) is 0 Å². The Kier molecular flexibility index (Phi) is 4.96. The second-order valence-electron chi connectivity index (χ2n) is 5.30. The molecule has 0 bridgehead atoms. The van der Waals surface area contributed by atoms with E-state index in [0.717, 1.165) is 25.3 Å². The van der Waals surface area contributed by atoms with Crippen molar-refractivity contribution in [3.63, 3.8) is 0 Å². The van der Waals surface area contributed by atoms with Gasteiger partial charge in [-0.05, 0) is 38.4 Å². The standard InChI is InChI=1S/C17H25N3/c1-5-18-16(12-17-19-9-10-20(17)6-2)15-8-7-13(3)11-14(15)4/h7-11,16,18H,5-6,12H2,1-4H3. The molecule has 1 unspecified atom stereocenters. The lowest BCUT2D eigenvalue weighted by Crippen LogP contribution is -2.25. The highest BCUT2D eigenvalue weighted by atomic mass is 15.1. The highest BCUT2D eigenvalue weighted by Gasteiger charge is 2.16. The molecule has 0 amide bonds. The van der Waals surface area contributed by atoms with Crippen molar-refractivity contribution < 1.29 is 0 Å². The maximum absolute atomic E-state index is 4.50. The van der Waals surface area contributed by atoms with Crippen molar-refractivity contribution in [1.29, 1.82) is 0 Å². The maximum atomic E-state index is 4.50. The molecule has 2 rings (SSSR count). The molecule has 0 saturated heterocycles. The van der Waals surface area contributed by atoms with Crippen LogP contribution in [0.25, 0.3) is 0 Å². The van der Waals surface area contributed by atoms with Crippen molar-refractivity contribution in [1.82, 2.24) is 14.9 Å². The van der Waals surface area contributed by atoms with E-state index in [2.05, 4.69) is 67.0 Å². The molecule has 3 nitrogen and oxygen atoms in total. The van der Waals surface area contributed by atoms with Crippen molar-refractivity contribution in [3.05, 3.63) is 53.1 Å². The molecule has 108 valence electrons. The lowest BCUT2D eigenvalue weighted by molar-refractivity contribution is 0.520. The summed E-state index contributed by atoms with van der Waals surface area (Å²) in [6, 6.07) is 7.02. The highest BCUT2D eigenvalue weighted by molar-refractivity contribution is 5.33. The summed E-state index contributed by atoms with van der Waals surface area (Å²) in [6.07, 6.45) is 4.88. The molecule has 1 atom stereocenters. The molecule has 1 heterocycles.